The van der Waals surface area contributed by atoms with Gasteiger partial charge in [-0.25, -0.2) is 0 Å². The van der Waals surface area contributed by atoms with Gasteiger partial charge in [-0.2, -0.15) is 5.26 Å². The fourth-order valence-electron chi connectivity index (χ4n) is 1.72. The number of ether oxygens (including phenoxy) is 1. The summed E-state index contributed by atoms with van der Waals surface area (Å²) in [5.41, 5.74) is 1.50. The van der Waals surface area contributed by atoms with Gasteiger partial charge in [-0.3, -0.25) is 0 Å². The highest BCUT2D eigenvalue weighted by molar-refractivity contribution is 7.98. The van der Waals surface area contributed by atoms with Crippen LogP contribution in [0.1, 0.15) is 11.1 Å². The van der Waals surface area contributed by atoms with Gasteiger partial charge < -0.3 is 4.74 Å². The van der Waals surface area contributed by atoms with Crippen LogP contribution >= 0.6 is 23.4 Å². The van der Waals surface area contributed by atoms with E-state index in [1.165, 1.54) is 11.8 Å². The molecule has 96 valence electrons. The van der Waals surface area contributed by atoms with Crippen molar-refractivity contribution in [3.05, 3.63) is 52.5 Å². The number of halogens is 1. The van der Waals surface area contributed by atoms with Crippen molar-refractivity contribution in [3.63, 3.8) is 0 Å². The molecular formula is C15H12ClNOS. The minimum absolute atomic E-state index is 0.560. The van der Waals surface area contributed by atoms with Crippen LogP contribution < -0.4 is 4.74 Å². The second kappa shape index (κ2) is 6.01. The monoisotopic (exact) mass is 289 g/mol. The summed E-state index contributed by atoms with van der Waals surface area (Å²) in [6.45, 7) is 1.92. The molecule has 2 aromatic carbocycles. The quantitative estimate of drug-likeness (QED) is 0.743. The topological polar surface area (TPSA) is 33.0 Å². The van der Waals surface area contributed by atoms with E-state index in [0.29, 0.717) is 22.1 Å². The molecule has 4 heteroatoms. The molecule has 0 saturated heterocycles. The van der Waals surface area contributed by atoms with E-state index in [1.807, 2.05) is 37.4 Å². The van der Waals surface area contributed by atoms with Gasteiger partial charge in [0.05, 0.1) is 0 Å². The fraction of sp³-hybridized carbons (Fsp3) is 0.133. The molecule has 2 aromatic rings. The fourth-order valence-corrected chi connectivity index (χ4v) is 2.51. The zero-order valence-corrected chi connectivity index (χ0v) is 12.2. The third kappa shape index (κ3) is 3.04. The second-order valence-corrected chi connectivity index (χ2v) is 5.24. The lowest BCUT2D eigenvalue weighted by Crippen LogP contribution is -1.92. The molecule has 0 fully saturated rings. The normalized spacial score (nSPS) is 10.0. The number of thioether (sulfide) groups is 1. The third-order valence-corrected chi connectivity index (χ3v) is 3.69. The third-order valence-electron chi connectivity index (χ3n) is 2.68. The summed E-state index contributed by atoms with van der Waals surface area (Å²) >= 11 is 7.44. The van der Waals surface area contributed by atoms with Crippen LogP contribution in [0.2, 0.25) is 5.02 Å². The summed E-state index contributed by atoms with van der Waals surface area (Å²) in [6.07, 6.45) is 1.94. The molecule has 0 aliphatic heterocycles. The SMILES string of the molecule is CSc1cccc(Oc2ccc(Cl)cc2C)c1C#N. The first-order chi connectivity index (χ1) is 9.15. The molecule has 0 bridgehead atoms. The van der Waals surface area contributed by atoms with Crippen molar-refractivity contribution in [2.24, 2.45) is 0 Å². The van der Waals surface area contributed by atoms with E-state index < -0.39 is 0 Å². The predicted octanol–water partition coefficient (Wildman–Crippen LogP) is 5.03. The first-order valence-electron chi connectivity index (χ1n) is 5.67. The number of rotatable bonds is 3. The Balaban J connectivity index is 2.41. The lowest BCUT2D eigenvalue weighted by molar-refractivity contribution is 0.476. The first-order valence-corrected chi connectivity index (χ1v) is 7.27. The molecule has 0 N–H and O–H groups in total. The standard InChI is InChI=1S/C15H12ClNOS/c1-10-8-11(16)6-7-13(10)18-14-4-3-5-15(19-2)12(14)9-17/h3-8H,1-2H3. The number of aryl methyl sites for hydroxylation is 1. The van der Waals surface area contributed by atoms with Crippen LogP contribution in [0.25, 0.3) is 0 Å². The Morgan fingerprint density at radius 1 is 1.21 bits per heavy atom. The van der Waals surface area contributed by atoms with Gasteiger partial charge in [0.15, 0.2) is 0 Å². The summed E-state index contributed by atoms with van der Waals surface area (Å²) in [7, 11) is 0. The lowest BCUT2D eigenvalue weighted by atomic mass is 10.2. The molecule has 0 radical (unpaired) electrons. The predicted molar refractivity (Wildman–Crippen MR) is 79.2 cm³/mol. The number of nitrogens with zero attached hydrogens (tertiary/aromatic N) is 1. The summed E-state index contributed by atoms with van der Waals surface area (Å²) in [4.78, 5) is 0.909. The van der Waals surface area contributed by atoms with Crippen molar-refractivity contribution in [3.8, 4) is 17.6 Å². The van der Waals surface area contributed by atoms with Gasteiger partial charge in [-0.05, 0) is 49.1 Å². The molecule has 19 heavy (non-hydrogen) atoms. The molecule has 0 spiro atoms. The zero-order chi connectivity index (χ0) is 13.8. The van der Waals surface area contributed by atoms with Gasteiger partial charge >= 0.3 is 0 Å². The van der Waals surface area contributed by atoms with Crippen LogP contribution in [-0.2, 0) is 0 Å². The maximum atomic E-state index is 9.26. The van der Waals surface area contributed by atoms with E-state index in [0.717, 1.165) is 10.5 Å². The molecule has 0 aliphatic carbocycles. The molecule has 2 rings (SSSR count). The van der Waals surface area contributed by atoms with Gasteiger partial charge in [0.1, 0.15) is 23.1 Å². The summed E-state index contributed by atoms with van der Waals surface area (Å²) in [6, 6.07) is 13.2. The number of benzene rings is 2. The van der Waals surface area contributed by atoms with Crippen molar-refractivity contribution < 1.29 is 4.74 Å². The maximum absolute atomic E-state index is 9.26. The molecule has 0 heterocycles. The van der Waals surface area contributed by atoms with E-state index in [2.05, 4.69) is 6.07 Å². The Morgan fingerprint density at radius 2 is 2.00 bits per heavy atom. The second-order valence-electron chi connectivity index (χ2n) is 3.96. The smallest absolute Gasteiger partial charge is 0.146 e. The summed E-state index contributed by atoms with van der Waals surface area (Å²) < 4.78 is 5.83. The number of hydrogen-bond acceptors (Lipinski definition) is 3. The van der Waals surface area contributed by atoms with Crippen LogP contribution in [0.4, 0.5) is 0 Å². The first kappa shape index (κ1) is 13.8. The molecule has 0 aliphatic rings. The average Bonchev–Trinajstić information content (AvgIpc) is 2.41. The van der Waals surface area contributed by atoms with Crippen LogP contribution in [0.3, 0.4) is 0 Å². The Morgan fingerprint density at radius 3 is 2.63 bits per heavy atom. The highest BCUT2D eigenvalue weighted by Crippen LogP contribution is 2.33. The van der Waals surface area contributed by atoms with Crippen molar-refractivity contribution >= 4 is 23.4 Å². The highest BCUT2D eigenvalue weighted by atomic mass is 35.5. The van der Waals surface area contributed by atoms with Crippen molar-refractivity contribution in [1.29, 1.82) is 5.26 Å². The zero-order valence-electron chi connectivity index (χ0n) is 10.6. The minimum atomic E-state index is 0.560. The van der Waals surface area contributed by atoms with Crippen LogP contribution in [0.5, 0.6) is 11.5 Å². The Bertz CT molecular complexity index is 649. The molecule has 0 atom stereocenters. The van der Waals surface area contributed by atoms with Crippen molar-refractivity contribution in [2.75, 3.05) is 6.26 Å². The Hall–Kier alpha value is -1.63. The molecular weight excluding hydrogens is 278 g/mol. The maximum Gasteiger partial charge on any atom is 0.146 e. The van der Waals surface area contributed by atoms with Gasteiger partial charge in [0.25, 0.3) is 0 Å². The van der Waals surface area contributed by atoms with E-state index >= 15 is 0 Å². The van der Waals surface area contributed by atoms with Crippen LogP contribution in [-0.4, -0.2) is 6.26 Å². The average molecular weight is 290 g/mol. The Labute approximate surface area is 122 Å². The summed E-state index contributed by atoms with van der Waals surface area (Å²) in [5, 5.41) is 9.93. The molecule has 2 nitrogen and oxygen atoms in total. The lowest BCUT2D eigenvalue weighted by Gasteiger charge is -2.11. The largest absolute Gasteiger partial charge is 0.456 e. The molecule has 0 saturated carbocycles. The van der Waals surface area contributed by atoms with Crippen LogP contribution in [0, 0.1) is 18.3 Å². The van der Waals surface area contributed by atoms with E-state index in [9.17, 15) is 5.26 Å². The van der Waals surface area contributed by atoms with E-state index in [1.54, 1.807) is 12.1 Å². The van der Waals surface area contributed by atoms with Gasteiger partial charge in [-0.1, -0.05) is 17.7 Å². The van der Waals surface area contributed by atoms with Gasteiger partial charge in [0, 0.05) is 9.92 Å². The van der Waals surface area contributed by atoms with E-state index in [-0.39, 0.29) is 0 Å². The van der Waals surface area contributed by atoms with E-state index in [4.69, 9.17) is 16.3 Å². The van der Waals surface area contributed by atoms with Crippen molar-refractivity contribution in [2.45, 2.75) is 11.8 Å². The van der Waals surface area contributed by atoms with Gasteiger partial charge in [-0.15, -0.1) is 11.8 Å². The highest BCUT2D eigenvalue weighted by Gasteiger charge is 2.10. The Kier molecular flexibility index (Phi) is 4.36. The van der Waals surface area contributed by atoms with Gasteiger partial charge in [0.2, 0.25) is 0 Å². The molecule has 0 unspecified atom stereocenters. The molecule has 0 amide bonds. The minimum Gasteiger partial charge on any atom is -0.456 e. The number of nitriles is 1. The number of hydrogen-bond donors (Lipinski definition) is 0. The van der Waals surface area contributed by atoms with Crippen molar-refractivity contribution in [1.82, 2.24) is 0 Å². The van der Waals surface area contributed by atoms with Crippen LogP contribution in [0.15, 0.2) is 41.3 Å². The summed E-state index contributed by atoms with van der Waals surface area (Å²) in [5.74, 6) is 1.28. The molecule has 0 aromatic heterocycles.